The molecule has 0 aliphatic heterocycles. The van der Waals surface area contributed by atoms with Crippen molar-refractivity contribution >= 4 is 50.7 Å². The van der Waals surface area contributed by atoms with E-state index in [0.29, 0.717) is 18.4 Å². The molecule has 2 aromatic rings. The van der Waals surface area contributed by atoms with E-state index in [1.165, 1.54) is 47.4 Å². The summed E-state index contributed by atoms with van der Waals surface area (Å²) in [5, 5.41) is 3.25. The normalized spacial score (nSPS) is 13.1. The Kier molecular flexibility index (Phi) is 10.4. The minimum Gasteiger partial charge on any atom is -0.352 e. The zero-order valence-electron chi connectivity index (χ0n) is 20.1. The molecule has 0 unspecified atom stereocenters. The number of amides is 2. The number of hydrogen-bond donors (Lipinski definition) is 1. The molecule has 0 saturated heterocycles. The fraction of sp³-hybridized carbons (Fsp3) is 0.417. The number of carbonyl (C=O) groups excluding carboxylic acids is 2. The SMILES string of the molecule is CC[C@H](C(=O)N[C@@H](C)CC)N(Cc1ccc(F)cc1)C(=O)CN(c1ccc(Cl)c(Cl)c1)S(C)(=O)=O. The van der Waals surface area contributed by atoms with Gasteiger partial charge in [-0.05, 0) is 55.7 Å². The van der Waals surface area contributed by atoms with Crippen LogP contribution in [0.15, 0.2) is 42.5 Å². The van der Waals surface area contributed by atoms with Crippen LogP contribution in [-0.4, -0.2) is 50.0 Å². The summed E-state index contributed by atoms with van der Waals surface area (Å²) in [6, 6.07) is 8.82. The summed E-state index contributed by atoms with van der Waals surface area (Å²) in [5.74, 6) is -1.38. The highest BCUT2D eigenvalue weighted by atomic mass is 35.5. The first-order chi connectivity index (χ1) is 16.4. The molecule has 0 saturated carbocycles. The molecule has 0 fully saturated rings. The third-order valence-corrected chi connectivity index (χ3v) is 7.40. The van der Waals surface area contributed by atoms with E-state index in [1.807, 2.05) is 13.8 Å². The first-order valence-corrected chi connectivity index (χ1v) is 13.7. The summed E-state index contributed by atoms with van der Waals surface area (Å²) in [6.45, 7) is 4.97. The molecule has 0 aromatic heterocycles. The van der Waals surface area contributed by atoms with Crippen LogP contribution in [0.2, 0.25) is 10.0 Å². The fourth-order valence-electron chi connectivity index (χ4n) is 3.40. The lowest BCUT2D eigenvalue weighted by Gasteiger charge is -2.33. The molecule has 0 bridgehead atoms. The third kappa shape index (κ3) is 8.08. The number of nitrogens with zero attached hydrogens (tertiary/aromatic N) is 2. The number of anilines is 1. The molecule has 0 heterocycles. The Morgan fingerprint density at radius 2 is 1.66 bits per heavy atom. The fourth-order valence-corrected chi connectivity index (χ4v) is 4.53. The molecule has 11 heteroatoms. The van der Waals surface area contributed by atoms with Crippen molar-refractivity contribution in [3.63, 3.8) is 0 Å². The largest absolute Gasteiger partial charge is 0.352 e. The van der Waals surface area contributed by atoms with Crippen LogP contribution in [-0.2, 0) is 26.2 Å². The first kappa shape index (κ1) is 28.9. The van der Waals surface area contributed by atoms with Gasteiger partial charge in [-0.3, -0.25) is 13.9 Å². The van der Waals surface area contributed by atoms with Crippen LogP contribution in [0.5, 0.6) is 0 Å². The van der Waals surface area contributed by atoms with E-state index >= 15 is 0 Å². The van der Waals surface area contributed by atoms with Crippen molar-refractivity contribution in [2.45, 2.75) is 52.2 Å². The Bertz CT molecular complexity index is 1150. The number of sulfonamides is 1. The second kappa shape index (κ2) is 12.6. The van der Waals surface area contributed by atoms with E-state index in [9.17, 15) is 22.4 Å². The lowest BCUT2D eigenvalue weighted by molar-refractivity contribution is -0.140. The Morgan fingerprint density at radius 3 is 2.17 bits per heavy atom. The van der Waals surface area contributed by atoms with Crippen molar-refractivity contribution in [2.75, 3.05) is 17.1 Å². The predicted octanol–water partition coefficient (Wildman–Crippen LogP) is 4.62. The maximum absolute atomic E-state index is 13.6. The Labute approximate surface area is 216 Å². The quantitative estimate of drug-likeness (QED) is 0.446. The van der Waals surface area contributed by atoms with Crippen molar-refractivity contribution < 1.29 is 22.4 Å². The van der Waals surface area contributed by atoms with Gasteiger partial charge >= 0.3 is 0 Å². The van der Waals surface area contributed by atoms with Crippen LogP contribution in [0.1, 0.15) is 39.2 Å². The summed E-state index contributed by atoms with van der Waals surface area (Å²) in [7, 11) is -3.90. The minimum atomic E-state index is -3.90. The predicted molar refractivity (Wildman–Crippen MR) is 138 cm³/mol. The molecular weight excluding hydrogens is 516 g/mol. The number of rotatable bonds is 11. The van der Waals surface area contributed by atoms with Gasteiger partial charge in [0.25, 0.3) is 0 Å². The molecule has 1 N–H and O–H groups in total. The molecule has 2 atom stereocenters. The van der Waals surface area contributed by atoms with Gasteiger partial charge in [-0.15, -0.1) is 0 Å². The van der Waals surface area contributed by atoms with E-state index in [4.69, 9.17) is 23.2 Å². The number of benzene rings is 2. The van der Waals surface area contributed by atoms with Gasteiger partial charge in [0, 0.05) is 12.6 Å². The van der Waals surface area contributed by atoms with E-state index in [2.05, 4.69) is 5.32 Å². The van der Waals surface area contributed by atoms with E-state index in [-0.39, 0.29) is 34.2 Å². The topological polar surface area (TPSA) is 86.8 Å². The van der Waals surface area contributed by atoms with Crippen LogP contribution in [0.3, 0.4) is 0 Å². The molecule has 2 amide bonds. The average molecular weight is 546 g/mol. The summed E-state index contributed by atoms with van der Waals surface area (Å²) >= 11 is 12.0. The summed E-state index contributed by atoms with van der Waals surface area (Å²) in [6.07, 6.45) is 1.97. The first-order valence-electron chi connectivity index (χ1n) is 11.1. The zero-order chi connectivity index (χ0) is 26.3. The molecule has 2 aromatic carbocycles. The lowest BCUT2D eigenvalue weighted by atomic mass is 10.1. The number of halogens is 3. The van der Waals surface area contributed by atoms with Crippen molar-refractivity contribution in [2.24, 2.45) is 0 Å². The van der Waals surface area contributed by atoms with E-state index in [0.717, 1.165) is 10.6 Å². The summed E-state index contributed by atoms with van der Waals surface area (Å²) in [5.41, 5.74) is 0.754. The summed E-state index contributed by atoms with van der Waals surface area (Å²) in [4.78, 5) is 27.9. The van der Waals surface area contributed by atoms with Crippen molar-refractivity contribution in [3.8, 4) is 0 Å². The molecule has 35 heavy (non-hydrogen) atoms. The molecule has 192 valence electrons. The molecule has 2 rings (SSSR count). The average Bonchev–Trinajstić information content (AvgIpc) is 2.79. The van der Waals surface area contributed by atoms with Gasteiger partial charge in [0.15, 0.2) is 0 Å². The van der Waals surface area contributed by atoms with E-state index in [1.54, 1.807) is 6.92 Å². The smallest absolute Gasteiger partial charge is 0.244 e. The second-order valence-electron chi connectivity index (χ2n) is 8.26. The monoisotopic (exact) mass is 545 g/mol. The van der Waals surface area contributed by atoms with Gasteiger partial charge in [-0.25, -0.2) is 12.8 Å². The molecule has 0 aliphatic rings. The highest BCUT2D eigenvalue weighted by Crippen LogP contribution is 2.28. The molecule has 7 nitrogen and oxygen atoms in total. The Hall–Kier alpha value is -2.36. The highest BCUT2D eigenvalue weighted by molar-refractivity contribution is 7.92. The highest BCUT2D eigenvalue weighted by Gasteiger charge is 2.32. The minimum absolute atomic E-state index is 0.00940. The molecule has 0 aliphatic carbocycles. The van der Waals surface area contributed by atoms with Crippen molar-refractivity contribution in [3.05, 3.63) is 63.9 Å². The maximum atomic E-state index is 13.6. The van der Waals surface area contributed by atoms with Crippen LogP contribution in [0.4, 0.5) is 10.1 Å². The molecular formula is C24H30Cl2FN3O4S. The van der Waals surface area contributed by atoms with Gasteiger partial charge < -0.3 is 10.2 Å². The number of carbonyl (C=O) groups is 2. The van der Waals surface area contributed by atoms with Gasteiger partial charge in [0.1, 0.15) is 18.4 Å². The van der Waals surface area contributed by atoms with Crippen LogP contribution in [0.25, 0.3) is 0 Å². The zero-order valence-corrected chi connectivity index (χ0v) is 22.4. The summed E-state index contributed by atoms with van der Waals surface area (Å²) < 4.78 is 39.5. The third-order valence-electron chi connectivity index (χ3n) is 5.52. The lowest BCUT2D eigenvalue weighted by Crippen LogP contribution is -2.53. The Balaban J connectivity index is 2.45. The number of nitrogens with one attached hydrogen (secondary N) is 1. The van der Waals surface area contributed by atoms with Gasteiger partial charge in [0.2, 0.25) is 21.8 Å². The standard InChI is InChI=1S/C24H30Cl2FN3O4S/c1-5-16(3)28-24(32)22(6-2)29(14-17-7-9-18(27)10-8-17)23(31)15-30(35(4,33)34)19-11-12-20(25)21(26)13-19/h7-13,16,22H,5-6,14-15H2,1-4H3,(H,28,32)/t16-,22+/m0/s1. The van der Waals surface area contributed by atoms with Crippen LogP contribution < -0.4 is 9.62 Å². The molecule has 0 radical (unpaired) electrons. The van der Waals surface area contributed by atoms with Gasteiger partial charge in [-0.2, -0.15) is 0 Å². The Morgan fingerprint density at radius 1 is 1.03 bits per heavy atom. The van der Waals surface area contributed by atoms with Crippen molar-refractivity contribution in [1.82, 2.24) is 10.2 Å². The van der Waals surface area contributed by atoms with Gasteiger partial charge in [-0.1, -0.05) is 49.2 Å². The van der Waals surface area contributed by atoms with Crippen LogP contribution >= 0.6 is 23.2 Å². The van der Waals surface area contributed by atoms with E-state index < -0.39 is 34.3 Å². The maximum Gasteiger partial charge on any atom is 0.244 e. The van der Waals surface area contributed by atoms with Gasteiger partial charge in [0.05, 0.1) is 22.0 Å². The second-order valence-corrected chi connectivity index (χ2v) is 11.0. The van der Waals surface area contributed by atoms with Crippen LogP contribution in [0, 0.1) is 5.82 Å². The molecule has 0 spiro atoms. The number of hydrogen-bond acceptors (Lipinski definition) is 4. The van der Waals surface area contributed by atoms with Crippen molar-refractivity contribution in [1.29, 1.82) is 0 Å².